The van der Waals surface area contributed by atoms with Gasteiger partial charge in [0.2, 0.25) is 0 Å². The molecule has 0 aliphatic carbocycles. The van der Waals surface area contributed by atoms with Crippen molar-refractivity contribution in [1.82, 2.24) is 0 Å². The minimum Gasteiger partial charge on any atom is -0.469 e. The molecule has 176 valence electrons. The van der Waals surface area contributed by atoms with Crippen LogP contribution >= 0.6 is 12.0 Å². The summed E-state index contributed by atoms with van der Waals surface area (Å²) in [6.45, 7) is 4.00. The van der Waals surface area contributed by atoms with Crippen molar-refractivity contribution in [2.75, 3.05) is 34.7 Å². The first-order chi connectivity index (χ1) is 14.3. The van der Waals surface area contributed by atoms with Crippen molar-refractivity contribution in [2.24, 2.45) is 5.92 Å². The lowest BCUT2D eigenvalue weighted by molar-refractivity contribution is -0.147. The van der Waals surface area contributed by atoms with E-state index in [1.807, 2.05) is 19.9 Å². The van der Waals surface area contributed by atoms with Crippen molar-refractivity contribution in [3.8, 4) is 6.07 Å². The molecule has 1 unspecified atom stereocenters. The highest BCUT2D eigenvalue weighted by Crippen LogP contribution is 2.12. The highest BCUT2D eigenvalue weighted by molar-refractivity contribution is 7.93. The number of rotatable bonds is 9. The number of esters is 4. The molecule has 0 aromatic carbocycles. The molecule has 0 bridgehead atoms. The van der Waals surface area contributed by atoms with Crippen LogP contribution in [0.3, 0.4) is 0 Å². The summed E-state index contributed by atoms with van der Waals surface area (Å²) >= 11 is 0.750. The summed E-state index contributed by atoms with van der Waals surface area (Å²) in [4.78, 5) is 42.9. The predicted octanol–water partition coefficient (Wildman–Crippen LogP) is 2.99. The van der Waals surface area contributed by atoms with Gasteiger partial charge in [0.05, 0.1) is 40.4 Å². The van der Waals surface area contributed by atoms with E-state index in [9.17, 15) is 19.2 Å². The normalized spacial score (nSPS) is 9.30. The van der Waals surface area contributed by atoms with Gasteiger partial charge in [0.1, 0.15) is 0 Å². The Balaban J connectivity index is -0.000000188. The highest BCUT2D eigenvalue weighted by Gasteiger charge is 2.20. The molecule has 0 radical (unpaired) electrons. The molecule has 11 heteroatoms. The molecule has 0 amide bonds. The van der Waals surface area contributed by atoms with Gasteiger partial charge in [-0.25, -0.2) is 0 Å². The predicted molar refractivity (Wildman–Crippen MR) is 112 cm³/mol. The summed E-state index contributed by atoms with van der Waals surface area (Å²) < 4.78 is 25.1. The Hall–Kier alpha value is -2.32. The van der Waals surface area contributed by atoms with Crippen molar-refractivity contribution in [3.05, 3.63) is 0 Å². The highest BCUT2D eigenvalue weighted by atomic mass is 32.2. The molecule has 1 N–H and O–H groups in total. The Morgan fingerprint density at radius 1 is 0.867 bits per heavy atom. The van der Waals surface area contributed by atoms with E-state index in [4.69, 9.17) is 9.81 Å². The number of nitrogens with zero attached hydrogens (tertiary/aromatic N) is 1. The number of carbonyl (C=O) groups is 4. The molecule has 0 rings (SSSR count). The zero-order chi connectivity index (χ0) is 24.4. The number of hydrogen-bond acceptors (Lipinski definition) is 11. The van der Waals surface area contributed by atoms with Crippen LogP contribution in [0.4, 0.5) is 0 Å². The topological polar surface area (TPSA) is 149 Å². The van der Waals surface area contributed by atoms with E-state index >= 15 is 0 Å². The fourth-order valence-corrected chi connectivity index (χ4v) is 1.56. The first-order valence-corrected chi connectivity index (χ1v) is 10.3. The Labute approximate surface area is 183 Å². The van der Waals surface area contributed by atoms with E-state index < -0.39 is 17.9 Å². The molecular formula is C19H35NO9S. The number of hydrogen-bond donors (Lipinski definition) is 1. The Morgan fingerprint density at radius 2 is 1.23 bits per heavy atom. The SMILES string of the molecule is CC.COC(=O)CCC(CC#N)C(=O)OC.COC(=O)CCCC(=O)OC.CSO. The van der Waals surface area contributed by atoms with Gasteiger partial charge >= 0.3 is 23.9 Å². The smallest absolute Gasteiger partial charge is 0.309 e. The molecule has 1 atom stereocenters. The number of nitriles is 1. The second-order valence-corrected chi connectivity index (χ2v) is 5.25. The molecular weight excluding hydrogens is 418 g/mol. The molecule has 0 aromatic heterocycles. The average Bonchev–Trinajstić information content (AvgIpc) is 2.77. The third-order valence-electron chi connectivity index (χ3n) is 3.01. The number of carbonyl (C=O) groups excluding carboxylic acids is 4. The maximum Gasteiger partial charge on any atom is 0.309 e. The van der Waals surface area contributed by atoms with E-state index in [2.05, 4.69) is 18.9 Å². The number of ether oxygens (including phenoxy) is 4. The van der Waals surface area contributed by atoms with Crippen molar-refractivity contribution in [2.45, 2.75) is 52.4 Å². The minimum atomic E-state index is -0.538. The maximum absolute atomic E-state index is 11.1. The monoisotopic (exact) mass is 453 g/mol. The molecule has 0 saturated heterocycles. The summed E-state index contributed by atoms with van der Waals surface area (Å²) in [6.07, 6.45) is 3.09. The van der Waals surface area contributed by atoms with Crippen molar-refractivity contribution < 1.29 is 42.7 Å². The molecule has 0 fully saturated rings. The largest absolute Gasteiger partial charge is 0.469 e. The lowest BCUT2D eigenvalue weighted by Gasteiger charge is -2.09. The molecule has 10 nitrogen and oxygen atoms in total. The molecule has 0 saturated carbocycles. The lowest BCUT2D eigenvalue weighted by Crippen LogP contribution is -2.17. The first kappa shape index (κ1) is 35.1. The van der Waals surface area contributed by atoms with Gasteiger partial charge < -0.3 is 23.5 Å². The summed E-state index contributed by atoms with van der Waals surface area (Å²) in [5.41, 5.74) is 0. The standard InChI is InChI=1S/C9H13NO4.C7H12O4.C2H6.CH4OS/c1-13-8(11)4-3-7(5-6-10)9(12)14-2;1-10-6(8)4-3-5-7(9)11-2;1-2;1-3-2/h7H,3-5H2,1-2H3;3-5H2,1-2H3;1-2H3;2H,1H3. The van der Waals surface area contributed by atoms with Gasteiger partial charge in [-0.2, -0.15) is 5.26 Å². The molecule has 0 heterocycles. The summed E-state index contributed by atoms with van der Waals surface area (Å²) in [6, 6.07) is 1.87. The van der Waals surface area contributed by atoms with Gasteiger partial charge in [-0.05, 0) is 24.9 Å². The Kier molecular flexibility index (Phi) is 33.8. The maximum atomic E-state index is 11.1. The average molecular weight is 454 g/mol. The van der Waals surface area contributed by atoms with Gasteiger partial charge in [-0.15, -0.1) is 0 Å². The zero-order valence-electron chi connectivity index (χ0n) is 18.9. The van der Waals surface area contributed by atoms with E-state index in [1.165, 1.54) is 28.4 Å². The van der Waals surface area contributed by atoms with Crippen LogP contribution in [-0.4, -0.2) is 63.1 Å². The van der Waals surface area contributed by atoms with Gasteiger partial charge in [-0.3, -0.25) is 19.2 Å². The fourth-order valence-electron chi connectivity index (χ4n) is 1.56. The van der Waals surface area contributed by atoms with Gasteiger partial charge in [0.25, 0.3) is 0 Å². The van der Waals surface area contributed by atoms with Crippen molar-refractivity contribution in [1.29, 1.82) is 5.26 Å². The molecule has 30 heavy (non-hydrogen) atoms. The van der Waals surface area contributed by atoms with E-state index in [0.717, 1.165) is 12.0 Å². The Bertz CT molecular complexity index is 477. The van der Waals surface area contributed by atoms with Crippen molar-refractivity contribution in [3.63, 3.8) is 0 Å². The second kappa shape index (κ2) is 28.9. The Morgan fingerprint density at radius 3 is 1.53 bits per heavy atom. The molecule has 0 aliphatic heterocycles. The van der Waals surface area contributed by atoms with Crippen LogP contribution in [0.25, 0.3) is 0 Å². The van der Waals surface area contributed by atoms with Crippen molar-refractivity contribution >= 4 is 35.9 Å². The first-order valence-electron chi connectivity index (χ1n) is 9.10. The van der Waals surface area contributed by atoms with Crippen LogP contribution in [0.5, 0.6) is 0 Å². The van der Waals surface area contributed by atoms with E-state index in [1.54, 1.807) is 6.26 Å². The fraction of sp³-hybridized carbons (Fsp3) is 0.737. The summed E-state index contributed by atoms with van der Waals surface area (Å²) in [5.74, 6) is -1.99. The zero-order valence-corrected chi connectivity index (χ0v) is 19.7. The third-order valence-corrected chi connectivity index (χ3v) is 3.01. The van der Waals surface area contributed by atoms with E-state index in [0.29, 0.717) is 6.42 Å². The van der Waals surface area contributed by atoms with Crippen LogP contribution < -0.4 is 0 Å². The second-order valence-electron chi connectivity index (χ2n) is 4.89. The van der Waals surface area contributed by atoms with Crippen LogP contribution in [0, 0.1) is 17.2 Å². The van der Waals surface area contributed by atoms with Gasteiger partial charge in [0.15, 0.2) is 0 Å². The van der Waals surface area contributed by atoms with Crippen LogP contribution in [0.1, 0.15) is 52.4 Å². The van der Waals surface area contributed by atoms with Gasteiger partial charge in [-0.1, -0.05) is 13.8 Å². The number of methoxy groups -OCH3 is 4. The van der Waals surface area contributed by atoms with E-state index in [-0.39, 0.29) is 44.0 Å². The minimum absolute atomic E-state index is 0.0592. The van der Waals surface area contributed by atoms with Crippen LogP contribution in [0.2, 0.25) is 0 Å². The van der Waals surface area contributed by atoms with Gasteiger partial charge in [0, 0.05) is 31.9 Å². The third kappa shape index (κ3) is 27.9. The van der Waals surface area contributed by atoms with Crippen LogP contribution in [0.15, 0.2) is 0 Å². The quantitative estimate of drug-likeness (QED) is 0.312. The van der Waals surface area contributed by atoms with Crippen LogP contribution in [-0.2, 0) is 38.1 Å². The molecule has 0 aliphatic rings. The molecule has 0 spiro atoms. The molecule has 0 aromatic rings. The summed E-state index contributed by atoms with van der Waals surface area (Å²) in [7, 11) is 5.17. The lowest BCUT2D eigenvalue weighted by atomic mass is 10.0. The summed E-state index contributed by atoms with van der Waals surface area (Å²) in [5, 5.41) is 8.43.